The second-order valence-corrected chi connectivity index (χ2v) is 6.89. The molecule has 1 rings (SSSR count). The first-order chi connectivity index (χ1) is 7.45. The molecule has 0 aliphatic heterocycles. The van der Waals surface area contributed by atoms with Crippen LogP contribution in [0.1, 0.15) is 25.1 Å². The van der Waals surface area contributed by atoms with Crippen molar-refractivity contribution in [2.45, 2.75) is 24.5 Å². The first kappa shape index (κ1) is 13.2. The number of rotatable bonds is 5. The van der Waals surface area contributed by atoms with E-state index in [1.165, 1.54) is 12.1 Å². The summed E-state index contributed by atoms with van der Waals surface area (Å²) in [5.74, 6) is 0.459. The molecule has 0 spiro atoms. The number of thiophene rings is 1. The maximum atomic E-state index is 11.7. The summed E-state index contributed by atoms with van der Waals surface area (Å²) in [5.41, 5.74) is 0. The Morgan fingerprint density at radius 1 is 1.50 bits per heavy atom. The number of nitrogens with zero attached hydrogens (tertiary/aromatic N) is 1. The summed E-state index contributed by atoms with van der Waals surface area (Å²) in [6.07, 6.45) is 0.801. The Balaban J connectivity index is 2.68. The molecule has 0 amide bonds. The fraction of sp³-hybridized carbons (Fsp3) is 0.500. The molecule has 6 heteroatoms. The van der Waals surface area contributed by atoms with Gasteiger partial charge in [0.05, 0.1) is 0 Å². The van der Waals surface area contributed by atoms with Crippen LogP contribution in [0.2, 0.25) is 0 Å². The Labute approximate surface area is 100.0 Å². The molecule has 0 fully saturated rings. The molecular weight excluding hydrogens is 244 g/mol. The lowest BCUT2D eigenvalue weighted by molar-refractivity contribution is 0.553. The first-order valence-electron chi connectivity index (χ1n) is 4.95. The van der Waals surface area contributed by atoms with Gasteiger partial charge in [0.15, 0.2) is 0 Å². The van der Waals surface area contributed by atoms with E-state index in [9.17, 15) is 8.42 Å². The third kappa shape index (κ3) is 3.59. The standard InChI is InChI=1S/C10H14N2O2S2/c1-8(2)5-6-12-16(13,14)10-4-3-9(7-11)15-10/h3-4,8,12H,5-6H2,1-2H3. The summed E-state index contributed by atoms with van der Waals surface area (Å²) in [7, 11) is -3.43. The number of nitrogens with one attached hydrogen (secondary N) is 1. The zero-order chi connectivity index (χ0) is 12.2. The number of nitriles is 1. The molecule has 16 heavy (non-hydrogen) atoms. The fourth-order valence-corrected chi connectivity index (χ4v) is 3.27. The van der Waals surface area contributed by atoms with Crippen molar-refractivity contribution < 1.29 is 8.42 Å². The van der Waals surface area contributed by atoms with Crippen molar-refractivity contribution >= 4 is 21.4 Å². The van der Waals surface area contributed by atoms with Crippen LogP contribution in [0.15, 0.2) is 16.3 Å². The van der Waals surface area contributed by atoms with Gasteiger partial charge in [-0.05, 0) is 24.5 Å². The van der Waals surface area contributed by atoms with E-state index in [1.54, 1.807) is 0 Å². The maximum absolute atomic E-state index is 11.7. The summed E-state index contributed by atoms with van der Waals surface area (Å²) in [6, 6.07) is 4.89. The molecule has 1 aromatic rings. The van der Waals surface area contributed by atoms with Gasteiger partial charge in [-0.3, -0.25) is 0 Å². The van der Waals surface area contributed by atoms with Gasteiger partial charge in [0.25, 0.3) is 0 Å². The summed E-state index contributed by atoms with van der Waals surface area (Å²) in [6.45, 7) is 4.50. The van der Waals surface area contributed by atoms with Crippen LogP contribution in [-0.4, -0.2) is 15.0 Å². The summed E-state index contributed by atoms with van der Waals surface area (Å²) >= 11 is 0.987. The van der Waals surface area contributed by atoms with E-state index in [-0.39, 0.29) is 4.21 Å². The number of sulfonamides is 1. The van der Waals surface area contributed by atoms with Gasteiger partial charge in [0.1, 0.15) is 15.2 Å². The SMILES string of the molecule is CC(C)CCNS(=O)(=O)c1ccc(C#N)s1. The topological polar surface area (TPSA) is 70.0 Å². The highest BCUT2D eigenvalue weighted by molar-refractivity contribution is 7.91. The third-order valence-corrected chi connectivity index (χ3v) is 4.91. The minimum Gasteiger partial charge on any atom is -0.210 e. The van der Waals surface area contributed by atoms with E-state index in [4.69, 9.17) is 5.26 Å². The van der Waals surface area contributed by atoms with Crippen LogP contribution in [0.5, 0.6) is 0 Å². The monoisotopic (exact) mass is 258 g/mol. The highest BCUT2D eigenvalue weighted by atomic mass is 32.2. The van der Waals surface area contributed by atoms with Crippen LogP contribution < -0.4 is 4.72 Å². The lowest BCUT2D eigenvalue weighted by Gasteiger charge is -2.06. The highest BCUT2D eigenvalue weighted by Gasteiger charge is 2.16. The molecule has 4 nitrogen and oxygen atoms in total. The highest BCUT2D eigenvalue weighted by Crippen LogP contribution is 2.20. The largest absolute Gasteiger partial charge is 0.250 e. The third-order valence-electron chi connectivity index (χ3n) is 1.97. The van der Waals surface area contributed by atoms with Crippen LogP contribution in [-0.2, 0) is 10.0 Å². The number of hydrogen-bond donors (Lipinski definition) is 1. The number of hydrogen-bond acceptors (Lipinski definition) is 4. The minimum atomic E-state index is -3.43. The van der Waals surface area contributed by atoms with Gasteiger partial charge in [-0.1, -0.05) is 13.8 Å². The Bertz CT molecular complexity index is 483. The Morgan fingerprint density at radius 3 is 2.69 bits per heavy atom. The van der Waals surface area contributed by atoms with Gasteiger partial charge in [-0.25, -0.2) is 13.1 Å². The summed E-state index contributed by atoms with van der Waals surface area (Å²) < 4.78 is 26.2. The average molecular weight is 258 g/mol. The van der Waals surface area contributed by atoms with Crippen molar-refractivity contribution in [3.8, 4) is 6.07 Å². The molecule has 1 aromatic heterocycles. The van der Waals surface area contributed by atoms with E-state index in [2.05, 4.69) is 4.72 Å². The molecule has 0 saturated carbocycles. The molecule has 1 N–H and O–H groups in total. The van der Waals surface area contributed by atoms with Crippen molar-refractivity contribution in [2.75, 3.05) is 6.54 Å². The molecule has 0 saturated heterocycles. The molecule has 88 valence electrons. The van der Waals surface area contributed by atoms with Crippen molar-refractivity contribution in [1.29, 1.82) is 5.26 Å². The van der Waals surface area contributed by atoms with Crippen LogP contribution in [0.3, 0.4) is 0 Å². The summed E-state index contributed by atoms with van der Waals surface area (Å²) in [5, 5.41) is 8.61. The Kier molecular flexibility index (Phi) is 4.47. The van der Waals surface area contributed by atoms with Crippen LogP contribution >= 0.6 is 11.3 Å². The molecule has 0 aliphatic rings. The minimum absolute atomic E-state index is 0.202. The molecule has 0 bridgehead atoms. The van der Waals surface area contributed by atoms with Gasteiger partial charge in [-0.2, -0.15) is 5.26 Å². The van der Waals surface area contributed by atoms with E-state index in [0.29, 0.717) is 17.3 Å². The zero-order valence-corrected chi connectivity index (χ0v) is 10.9. The maximum Gasteiger partial charge on any atom is 0.250 e. The van der Waals surface area contributed by atoms with Crippen molar-refractivity contribution in [3.05, 3.63) is 17.0 Å². The summed E-state index contributed by atoms with van der Waals surface area (Å²) in [4.78, 5) is 0.407. The molecule has 0 aliphatic carbocycles. The van der Waals surface area contributed by atoms with Crippen molar-refractivity contribution in [1.82, 2.24) is 4.72 Å². The Morgan fingerprint density at radius 2 is 2.19 bits per heavy atom. The predicted octanol–water partition coefficient (Wildman–Crippen LogP) is 1.94. The molecule has 0 radical (unpaired) electrons. The van der Waals surface area contributed by atoms with E-state index >= 15 is 0 Å². The second-order valence-electron chi connectivity index (χ2n) is 3.81. The van der Waals surface area contributed by atoms with Gasteiger partial charge >= 0.3 is 0 Å². The van der Waals surface area contributed by atoms with Gasteiger partial charge < -0.3 is 0 Å². The second kappa shape index (κ2) is 5.43. The lowest BCUT2D eigenvalue weighted by atomic mass is 10.1. The van der Waals surface area contributed by atoms with Gasteiger partial charge in [0, 0.05) is 6.54 Å². The van der Waals surface area contributed by atoms with Gasteiger partial charge in [0.2, 0.25) is 10.0 Å². The normalized spacial score (nSPS) is 11.6. The first-order valence-corrected chi connectivity index (χ1v) is 7.25. The molecule has 0 aromatic carbocycles. The smallest absolute Gasteiger partial charge is 0.210 e. The van der Waals surface area contributed by atoms with Crippen LogP contribution in [0.25, 0.3) is 0 Å². The average Bonchev–Trinajstić information content (AvgIpc) is 2.65. The lowest BCUT2D eigenvalue weighted by Crippen LogP contribution is -2.24. The van der Waals surface area contributed by atoms with Crippen molar-refractivity contribution in [3.63, 3.8) is 0 Å². The van der Waals surface area contributed by atoms with Crippen LogP contribution in [0.4, 0.5) is 0 Å². The molecule has 0 unspecified atom stereocenters. The molecular formula is C10H14N2O2S2. The van der Waals surface area contributed by atoms with Crippen LogP contribution in [0, 0.1) is 17.2 Å². The predicted molar refractivity (Wildman–Crippen MR) is 63.7 cm³/mol. The quantitative estimate of drug-likeness (QED) is 0.877. The van der Waals surface area contributed by atoms with E-state index < -0.39 is 10.0 Å². The fourth-order valence-electron chi connectivity index (χ4n) is 1.08. The van der Waals surface area contributed by atoms with E-state index in [0.717, 1.165) is 17.8 Å². The zero-order valence-electron chi connectivity index (χ0n) is 9.23. The Hall–Kier alpha value is -0.900. The van der Waals surface area contributed by atoms with Crippen molar-refractivity contribution in [2.24, 2.45) is 5.92 Å². The van der Waals surface area contributed by atoms with E-state index in [1.807, 2.05) is 19.9 Å². The van der Waals surface area contributed by atoms with Gasteiger partial charge in [-0.15, -0.1) is 11.3 Å². The molecule has 0 atom stereocenters. The molecule has 1 heterocycles.